The number of amides is 1. The molecule has 0 saturated heterocycles. The highest BCUT2D eigenvalue weighted by Gasteiger charge is 2.39. The van der Waals surface area contributed by atoms with Crippen molar-refractivity contribution >= 4 is 49.8 Å². The Kier molecular flexibility index (Phi) is 14.1. The lowest BCUT2D eigenvalue weighted by Gasteiger charge is -2.17. The second-order valence-corrected chi connectivity index (χ2v) is 15.7. The van der Waals surface area contributed by atoms with Gasteiger partial charge in [-0.15, -0.1) is 0 Å². The third-order valence-electron chi connectivity index (χ3n) is 9.26. The minimum Gasteiger partial charge on any atom is -0.491 e. The Balaban J connectivity index is 1.39. The van der Waals surface area contributed by atoms with Crippen molar-refractivity contribution in [3.63, 3.8) is 0 Å². The van der Waals surface area contributed by atoms with E-state index in [1.807, 2.05) is 6.07 Å². The van der Waals surface area contributed by atoms with Gasteiger partial charge in [0.2, 0.25) is 5.78 Å². The van der Waals surface area contributed by atoms with Gasteiger partial charge in [-0.05, 0) is 49.2 Å². The molecule has 0 saturated carbocycles. The Morgan fingerprint density at radius 2 is 1.56 bits per heavy atom. The lowest BCUT2D eigenvalue weighted by molar-refractivity contribution is -0.118. The number of hydrogen-bond acceptors (Lipinski definition) is 9. The van der Waals surface area contributed by atoms with Gasteiger partial charge in [0.25, 0.3) is 17.7 Å². The number of Topliss-reactive ketones (excluding diaryl/α,β-unsaturated/α-hetero) is 1. The summed E-state index contributed by atoms with van der Waals surface area (Å²) in [6, 6.07) is 17.3. The summed E-state index contributed by atoms with van der Waals surface area (Å²) in [6.45, 7) is 3.88. The van der Waals surface area contributed by atoms with Crippen LogP contribution in [0, 0.1) is 0 Å². The number of halogens is 1. The predicted octanol–water partition coefficient (Wildman–Crippen LogP) is 8.35. The molecule has 3 aromatic carbocycles. The van der Waals surface area contributed by atoms with Gasteiger partial charge in [0.15, 0.2) is 27.2 Å². The van der Waals surface area contributed by atoms with Gasteiger partial charge in [0, 0.05) is 0 Å². The summed E-state index contributed by atoms with van der Waals surface area (Å²) in [5, 5.41) is 18.1. The van der Waals surface area contributed by atoms with Crippen molar-refractivity contribution in [2.45, 2.75) is 95.5 Å². The fourth-order valence-electron chi connectivity index (χ4n) is 6.38. The van der Waals surface area contributed by atoms with Crippen LogP contribution in [0.4, 0.5) is 5.69 Å². The number of unbranched alkanes of at least 4 members (excludes halogenated alkanes) is 9. The maximum Gasteiger partial charge on any atom is 0.335 e. The van der Waals surface area contributed by atoms with Crippen LogP contribution in [0.25, 0.3) is 11.0 Å². The lowest BCUT2D eigenvalue weighted by Crippen LogP contribution is -2.39. The molecule has 0 spiro atoms. The van der Waals surface area contributed by atoms with E-state index in [1.54, 1.807) is 55.5 Å². The van der Waals surface area contributed by atoms with Crippen LogP contribution in [0.5, 0.6) is 11.8 Å². The molecule has 288 valence electrons. The number of benzene rings is 3. The summed E-state index contributed by atoms with van der Waals surface area (Å²) in [4.78, 5) is 42.5. The molecule has 2 aromatic heterocycles. The maximum atomic E-state index is 14.3. The maximum absolute atomic E-state index is 14.3. The first-order valence-electron chi connectivity index (χ1n) is 18.5. The van der Waals surface area contributed by atoms with E-state index in [4.69, 9.17) is 20.9 Å². The number of nitrogens with one attached hydrogen (secondary N) is 1. The van der Waals surface area contributed by atoms with Crippen molar-refractivity contribution in [3.8, 4) is 11.8 Å². The van der Waals surface area contributed by atoms with Gasteiger partial charge in [-0.3, -0.25) is 14.2 Å². The first-order chi connectivity index (χ1) is 26.1. The summed E-state index contributed by atoms with van der Waals surface area (Å²) in [7, 11) is -3.67. The third-order valence-corrected chi connectivity index (χ3v) is 11.4. The number of fused-ring (bicyclic) bond motifs is 1. The molecule has 0 bridgehead atoms. The summed E-state index contributed by atoms with van der Waals surface area (Å²) < 4.78 is 39.1. The largest absolute Gasteiger partial charge is 0.491 e. The number of ether oxygens (including phenoxy) is 1. The van der Waals surface area contributed by atoms with Crippen LogP contribution in [-0.2, 0) is 21.2 Å². The van der Waals surface area contributed by atoms with Crippen molar-refractivity contribution in [2.24, 2.45) is 0 Å². The molecule has 0 aliphatic heterocycles. The first-order valence-corrected chi connectivity index (χ1v) is 20.5. The standard InChI is InChI=1S/C40H47ClN4O8S/c1-3-5-6-7-8-9-10-11-12-18-25-54(50,51)29-23-24-32(31(41)26-29)42-37(47)35(36(46)34-30-21-16-17-22-33(30)53-43-34)45-38(48)39(52-4-2)44(40(45)49)27-28-19-14-13-15-20-28/h13-17,19-24,26,35,48H,3-12,18,25,27H2,1-2H3,(H,42,47). The molecule has 2 N–H and O–H groups in total. The van der Waals surface area contributed by atoms with Crippen molar-refractivity contribution in [3.05, 3.63) is 99.6 Å². The van der Waals surface area contributed by atoms with Gasteiger partial charge in [-0.25, -0.2) is 17.8 Å². The number of carbonyl (C=O) groups excluding carboxylic acids is 2. The Morgan fingerprint density at radius 3 is 2.22 bits per heavy atom. The van der Waals surface area contributed by atoms with E-state index in [-0.39, 0.29) is 57.1 Å². The molecule has 0 aliphatic rings. The van der Waals surface area contributed by atoms with Crippen LogP contribution in [-0.4, -0.2) is 51.9 Å². The van der Waals surface area contributed by atoms with E-state index in [1.165, 1.54) is 50.3 Å². The summed E-state index contributed by atoms with van der Waals surface area (Å²) in [6.07, 6.45) is 10.7. The first kappa shape index (κ1) is 40.3. The second-order valence-electron chi connectivity index (χ2n) is 13.2. The average molecular weight is 779 g/mol. The van der Waals surface area contributed by atoms with Crippen molar-refractivity contribution in [2.75, 3.05) is 17.7 Å². The van der Waals surface area contributed by atoms with E-state index in [0.29, 0.717) is 16.6 Å². The van der Waals surface area contributed by atoms with E-state index in [2.05, 4.69) is 17.4 Å². The van der Waals surface area contributed by atoms with E-state index in [9.17, 15) is 27.9 Å². The molecule has 54 heavy (non-hydrogen) atoms. The van der Waals surface area contributed by atoms with Crippen LogP contribution in [0.1, 0.15) is 100 Å². The number of rotatable bonds is 21. The van der Waals surface area contributed by atoms with Gasteiger partial charge < -0.3 is 19.7 Å². The number of nitrogens with zero attached hydrogens (tertiary/aromatic N) is 3. The number of carbonyl (C=O) groups is 2. The van der Waals surface area contributed by atoms with Crippen LogP contribution in [0.15, 0.2) is 87.0 Å². The Bertz CT molecular complexity index is 2210. The second kappa shape index (κ2) is 18.9. The van der Waals surface area contributed by atoms with Gasteiger partial charge >= 0.3 is 5.69 Å². The number of sulfone groups is 1. The fraction of sp³-hybridized carbons (Fsp3) is 0.400. The number of hydrogen-bond donors (Lipinski definition) is 2. The highest BCUT2D eigenvalue weighted by Crippen LogP contribution is 2.33. The third kappa shape index (κ3) is 9.61. The van der Waals surface area contributed by atoms with Crippen molar-refractivity contribution in [1.82, 2.24) is 14.3 Å². The molecule has 0 aliphatic carbocycles. The molecule has 0 radical (unpaired) electrons. The number of anilines is 1. The number of aromatic hydroxyl groups is 1. The molecular weight excluding hydrogens is 732 g/mol. The zero-order valence-electron chi connectivity index (χ0n) is 30.6. The van der Waals surface area contributed by atoms with Crippen LogP contribution < -0.4 is 15.7 Å². The van der Waals surface area contributed by atoms with Crippen molar-refractivity contribution in [1.29, 1.82) is 0 Å². The highest BCUT2D eigenvalue weighted by molar-refractivity contribution is 7.91. The number of aromatic nitrogens is 3. The van der Waals surface area contributed by atoms with Crippen LogP contribution >= 0.6 is 11.6 Å². The number of para-hydroxylation sites is 1. The van der Waals surface area contributed by atoms with Gasteiger partial charge in [0.05, 0.1) is 39.9 Å². The van der Waals surface area contributed by atoms with Crippen molar-refractivity contribution < 1.29 is 32.4 Å². The molecule has 0 fully saturated rings. The monoisotopic (exact) mass is 778 g/mol. The molecule has 2 heterocycles. The molecule has 1 unspecified atom stereocenters. The predicted molar refractivity (Wildman–Crippen MR) is 208 cm³/mol. The molecule has 5 aromatic rings. The molecule has 14 heteroatoms. The van der Waals surface area contributed by atoms with E-state index < -0.39 is 39.1 Å². The molecule has 5 rings (SSSR count). The Hall–Kier alpha value is -4.88. The zero-order valence-corrected chi connectivity index (χ0v) is 32.2. The van der Waals surface area contributed by atoms with Crippen LogP contribution in [0.2, 0.25) is 5.02 Å². The average Bonchev–Trinajstić information content (AvgIpc) is 3.69. The zero-order chi connectivity index (χ0) is 38.7. The lowest BCUT2D eigenvalue weighted by atomic mass is 10.0. The summed E-state index contributed by atoms with van der Waals surface area (Å²) >= 11 is 6.54. The van der Waals surface area contributed by atoms with Gasteiger partial charge in [-0.2, -0.15) is 0 Å². The fourth-order valence-corrected chi connectivity index (χ4v) is 8.07. The molecule has 1 atom stereocenters. The molecule has 1 amide bonds. The minimum atomic E-state index is -3.67. The molecular formula is C40H47ClN4O8S. The Morgan fingerprint density at radius 1 is 0.907 bits per heavy atom. The van der Waals surface area contributed by atoms with E-state index >= 15 is 0 Å². The van der Waals surface area contributed by atoms with Gasteiger partial charge in [0.1, 0.15) is 0 Å². The normalized spacial score (nSPS) is 12.2. The van der Waals surface area contributed by atoms with Crippen LogP contribution in [0.3, 0.4) is 0 Å². The SMILES string of the molecule is CCCCCCCCCCCCS(=O)(=O)c1ccc(NC(=O)C(C(=O)c2noc3ccccc23)n2c(O)c(OCC)n(Cc3ccccc3)c2=O)c(Cl)c1. The minimum absolute atomic E-state index is 0.00340. The summed E-state index contributed by atoms with van der Waals surface area (Å²) in [5.41, 5.74) is -0.192. The summed E-state index contributed by atoms with van der Waals surface area (Å²) in [5.74, 6) is -3.04. The quantitative estimate of drug-likeness (QED) is 0.0423. The number of ketones is 1. The Labute approximate surface area is 320 Å². The number of imidazole rings is 1. The topological polar surface area (TPSA) is 163 Å². The molecule has 12 nitrogen and oxygen atoms in total. The highest BCUT2D eigenvalue weighted by atomic mass is 35.5. The van der Waals surface area contributed by atoms with E-state index in [0.717, 1.165) is 30.3 Å². The smallest absolute Gasteiger partial charge is 0.335 e. The van der Waals surface area contributed by atoms with Gasteiger partial charge in [-0.1, -0.05) is 124 Å².